The third-order valence-electron chi connectivity index (χ3n) is 3.32. The highest BCUT2D eigenvalue weighted by atomic mass is 32.2. The van der Waals surface area contributed by atoms with Crippen LogP contribution in [-0.4, -0.2) is 19.4 Å². The van der Waals surface area contributed by atoms with E-state index in [2.05, 4.69) is 54.9 Å². The highest BCUT2D eigenvalue weighted by molar-refractivity contribution is 7.98. The van der Waals surface area contributed by atoms with Gasteiger partial charge in [-0.2, -0.15) is 0 Å². The second-order valence-corrected chi connectivity index (χ2v) is 5.74. The van der Waals surface area contributed by atoms with Crippen molar-refractivity contribution in [1.82, 2.24) is 0 Å². The molecule has 1 N–H and O–H groups in total. The van der Waals surface area contributed by atoms with Crippen molar-refractivity contribution < 1.29 is 4.74 Å². The van der Waals surface area contributed by atoms with Crippen LogP contribution in [0.25, 0.3) is 0 Å². The van der Waals surface area contributed by atoms with Gasteiger partial charge in [0.2, 0.25) is 0 Å². The van der Waals surface area contributed by atoms with E-state index in [1.165, 1.54) is 16.1 Å². The molecule has 2 nitrogen and oxygen atoms in total. The van der Waals surface area contributed by atoms with E-state index in [-0.39, 0.29) is 0 Å². The van der Waals surface area contributed by atoms with Gasteiger partial charge in [-0.1, -0.05) is 25.1 Å². The minimum absolute atomic E-state index is 0.737. The Labute approximate surface area is 131 Å². The summed E-state index contributed by atoms with van der Waals surface area (Å²) < 4.78 is 5.74. The third-order valence-corrected chi connectivity index (χ3v) is 4.05. The number of rotatable bonds is 8. The van der Waals surface area contributed by atoms with Crippen molar-refractivity contribution in [3.8, 4) is 5.75 Å². The number of nitrogens with one attached hydrogen (secondary N) is 1. The van der Waals surface area contributed by atoms with E-state index in [0.717, 1.165) is 31.7 Å². The Morgan fingerprint density at radius 3 is 2.62 bits per heavy atom. The molecule has 0 fully saturated rings. The summed E-state index contributed by atoms with van der Waals surface area (Å²) in [6.07, 6.45) is 4.15. The van der Waals surface area contributed by atoms with Crippen molar-refractivity contribution >= 4 is 17.4 Å². The highest BCUT2D eigenvalue weighted by Crippen LogP contribution is 2.19. The summed E-state index contributed by atoms with van der Waals surface area (Å²) in [6, 6.07) is 16.8. The van der Waals surface area contributed by atoms with Gasteiger partial charge in [0.1, 0.15) is 5.75 Å². The maximum atomic E-state index is 5.74. The minimum Gasteiger partial charge on any atom is -0.494 e. The predicted octanol–water partition coefficient (Wildman–Crippen LogP) is 4.85. The van der Waals surface area contributed by atoms with Crippen LogP contribution in [0.5, 0.6) is 5.75 Å². The third kappa shape index (κ3) is 5.35. The van der Waals surface area contributed by atoms with Crippen LogP contribution in [0.3, 0.4) is 0 Å². The second kappa shape index (κ2) is 8.63. The van der Waals surface area contributed by atoms with E-state index in [1.807, 2.05) is 12.1 Å². The lowest BCUT2D eigenvalue weighted by molar-refractivity contribution is 0.315. The van der Waals surface area contributed by atoms with E-state index in [1.54, 1.807) is 11.8 Å². The SMILES string of the molecule is CCc1ccc(OCCCNc2cccc(SC)c2)cc1. The molecule has 0 aromatic heterocycles. The Morgan fingerprint density at radius 1 is 1.10 bits per heavy atom. The number of hydrogen-bond acceptors (Lipinski definition) is 3. The molecular weight excluding hydrogens is 278 g/mol. The molecule has 0 aliphatic carbocycles. The first kappa shape index (κ1) is 15.8. The molecule has 0 heterocycles. The monoisotopic (exact) mass is 301 g/mol. The fourth-order valence-corrected chi connectivity index (χ4v) is 2.51. The van der Waals surface area contributed by atoms with Crippen molar-refractivity contribution in [2.24, 2.45) is 0 Å². The van der Waals surface area contributed by atoms with Crippen molar-refractivity contribution in [3.05, 3.63) is 54.1 Å². The Morgan fingerprint density at radius 2 is 1.90 bits per heavy atom. The van der Waals surface area contributed by atoms with Crippen LogP contribution >= 0.6 is 11.8 Å². The van der Waals surface area contributed by atoms with Crippen LogP contribution in [-0.2, 0) is 6.42 Å². The van der Waals surface area contributed by atoms with E-state index >= 15 is 0 Å². The van der Waals surface area contributed by atoms with E-state index in [0.29, 0.717) is 0 Å². The van der Waals surface area contributed by atoms with E-state index in [4.69, 9.17) is 4.74 Å². The predicted molar refractivity (Wildman–Crippen MR) is 92.6 cm³/mol. The second-order valence-electron chi connectivity index (χ2n) is 4.86. The van der Waals surface area contributed by atoms with Gasteiger partial charge in [0.25, 0.3) is 0 Å². The maximum Gasteiger partial charge on any atom is 0.119 e. The summed E-state index contributed by atoms with van der Waals surface area (Å²) in [6.45, 7) is 3.82. The van der Waals surface area contributed by atoms with Crippen LogP contribution in [0.15, 0.2) is 53.4 Å². The van der Waals surface area contributed by atoms with Gasteiger partial charge in [-0.25, -0.2) is 0 Å². The number of anilines is 1. The summed E-state index contributed by atoms with van der Waals surface area (Å²) >= 11 is 1.76. The van der Waals surface area contributed by atoms with Crippen LogP contribution < -0.4 is 10.1 Å². The lowest BCUT2D eigenvalue weighted by atomic mass is 10.2. The summed E-state index contributed by atoms with van der Waals surface area (Å²) in [5, 5.41) is 3.43. The highest BCUT2D eigenvalue weighted by Gasteiger charge is 1.96. The van der Waals surface area contributed by atoms with E-state index < -0.39 is 0 Å². The standard InChI is InChI=1S/C18H23NOS/c1-3-15-8-10-17(11-9-15)20-13-5-12-19-16-6-4-7-18(14-16)21-2/h4,6-11,14,19H,3,5,12-13H2,1-2H3. The molecule has 0 radical (unpaired) electrons. The van der Waals surface area contributed by atoms with Crippen LogP contribution in [0.1, 0.15) is 18.9 Å². The quantitative estimate of drug-likeness (QED) is 0.556. The van der Waals surface area contributed by atoms with E-state index in [9.17, 15) is 0 Å². The molecule has 0 bridgehead atoms. The first-order valence-corrected chi connectivity index (χ1v) is 8.64. The average Bonchev–Trinajstić information content (AvgIpc) is 2.55. The molecule has 2 aromatic rings. The van der Waals surface area contributed by atoms with Crippen molar-refractivity contribution in [2.75, 3.05) is 24.7 Å². The molecule has 0 saturated carbocycles. The number of ether oxygens (including phenoxy) is 1. The molecule has 2 rings (SSSR count). The Balaban J connectivity index is 1.67. The van der Waals surface area contributed by atoms with Crippen molar-refractivity contribution in [3.63, 3.8) is 0 Å². The molecule has 0 saturated heterocycles. The normalized spacial score (nSPS) is 10.4. The zero-order valence-corrected chi connectivity index (χ0v) is 13.6. The Kier molecular flexibility index (Phi) is 6.48. The van der Waals surface area contributed by atoms with Crippen LogP contribution in [0, 0.1) is 0 Å². The minimum atomic E-state index is 0.737. The van der Waals surface area contributed by atoms with Gasteiger partial charge in [0, 0.05) is 17.1 Å². The first-order valence-electron chi connectivity index (χ1n) is 7.41. The summed E-state index contributed by atoms with van der Waals surface area (Å²) in [4.78, 5) is 1.28. The Hall–Kier alpha value is -1.61. The largest absolute Gasteiger partial charge is 0.494 e. The number of aryl methyl sites for hydroxylation is 1. The summed E-state index contributed by atoms with van der Waals surface area (Å²) in [5.74, 6) is 0.955. The molecule has 0 spiro atoms. The van der Waals surface area contributed by atoms with Crippen LogP contribution in [0.2, 0.25) is 0 Å². The number of benzene rings is 2. The molecule has 112 valence electrons. The Bertz CT molecular complexity index is 539. The fraction of sp³-hybridized carbons (Fsp3) is 0.333. The molecule has 0 amide bonds. The van der Waals surface area contributed by atoms with Gasteiger partial charge in [-0.15, -0.1) is 11.8 Å². The first-order chi connectivity index (χ1) is 10.3. The topological polar surface area (TPSA) is 21.3 Å². The zero-order valence-electron chi connectivity index (χ0n) is 12.8. The molecule has 0 aliphatic rings. The molecule has 2 aromatic carbocycles. The molecule has 21 heavy (non-hydrogen) atoms. The molecule has 0 atom stereocenters. The van der Waals surface area contributed by atoms with Crippen molar-refractivity contribution in [1.29, 1.82) is 0 Å². The van der Waals surface area contributed by atoms with Gasteiger partial charge >= 0.3 is 0 Å². The number of thioether (sulfide) groups is 1. The smallest absolute Gasteiger partial charge is 0.119 e. The fourth-order valence-electron chi connectivity index (χ4n) is 2.05. The molecule has 0 aliphatic heterocycles. The molecular formula is C18H23NOS. The molecule has 0 unspecified atom stereocenters. The summed E-state index contributed by atoms with van der Waals surface area (Å²) in [7, 11) is 0. The van der Waals surface area contributed by atoms with Gasteiger partial charge < -0.3 is 10.1 Å². The van der Waals surface area contributed by atoms with Crippen LogP contribution in [0.4, 0.5) is 5.69 Å². The zero-order chi connectivity index (χ0) is 14.9. The lowest BCUT2D eigenvalue weighted by Crippen LogP contribution is -2.07. The van der Waals surface area contributed by atoms with Crippen molar-refractivity contribution in [2.45, 2.75) is 24.7 Å². The van der Waals surface area contributed by atoms with Gasteiger partial charge in [-0.05, 0) is 55.0 Å². The van der Waals surface area contributed by atoms with Gasteiger partial charge in [-0.3, -0.25) is 0 Å². The van der Waals surface area contributed by atoms with Gasteiger partial charge in [0.05, 0.1) is 6.61 Å². The van der Waals surface area contributed by atoms with Gasteiger partial charge in [0.15, 0.2) is 0 Å². The lowest BCUT2D eigenvalue weighted by Gasteiger charge is -2.09. The maximum absolute atomic E-state index is 5.74. The summed E-state index contributed by atoms with van der Waals surface area (Å²) in [5.41, 5.74) is 2.52. The average molecular weight is 301 g/mol. The number of hydrogen-bond donors (Lipinski definition) is 1. The molecule has 3 heteroatoms.